The molecule has 0 unspecified atom stereocenters. The predicted molar refractivity (Wildman–Crippen MR) is 149 cm³/mol. The second-order valence-corrected chi connectivity index (χ2v) is 12.5. The van der Waals surface area contributed by atoms with E-state index in [2.05, 4.69) is 25.1 Å². The van der Waals surface area contributed by atoms with Crippen LogP contribution in [-0.2, 0) is 22.6 Å². The first-order valence-corrected chi connectivity index (χ1v) is 15.1. The lowest BCUT2D eigenvalue weighted by atomic mass is 10.1. The number of anilines is 2. The van der Waals surface area contributed by atoms with Crippen molar-refractivity contribution in [2.75, 3.05) is 54.9 Å². The lowest BCUT2D eigenvalue weighted by molar-refractivity contribution is -0.141. The molecule has 40 heavy (non-hydrogen) atoms. The van der Waals surface area contributed by atoms with E-state index in [0.29, 0.717) is 18.5 Å². The van der Waals surface area contributed by atoms with Gasteiger partial charge in [-0.15, -0.1) is 0 Å². The monoisotopic (exact) mass is 599 g/mol. The molecule has 0 amide bonds. The minimum absolute atomic E-state index is 0.0391. The smallest absolute Gasteiger partial charge is 0.369 e. The summed E-state index contributed by atoms with van der Waals surface area (Å²) in [4.78, 5) is 12.6. The van der Waals surface area contributed by atoms with Gasteiger partial charge in [0.1, 0.15) is 21.5 Å². The van der Waals surface area contributed by atoms with Crippen LogP contribution in [0.3, 0.4) is 0 Å². The van der Waals surface area contributed by atoms with Crippen LogP contribution in [0.15, 0.2) is 42.5 Å². The molecular formula is C27H30ClF4N5O2S. The van der Waals surface area contributed by atoms with Crippen LogP contribution in [-0.4, -0.2) is 68.0 Å². The average Bonchev–Trinajstić information content (AvgIpc) is 2.88. The van der Waals surface area contributed by atoms with E-state index in [1.807, 2.05) is 12.1 Å². The first kappa shape index (κ1) is 30.0. The van der Waals surface area contributed by atoms with Crippen LogP contribution < -0.4 is 10.2 Å². The third-order valence-corrected chi connectivity index (χ3v) is 7.99. The van der Waals surface area contributed by atoms with Crippen LogP contribution in [0.1, 0.15) is 23.2 Å². The number of sulfone groups is 1. The number of hydrogen-bond donors (Lipinski definition) is 1. The summed E-state index contributed by atoms with van der Waals surface area (Å²) in [5, 5.41) is 3.04. The Bertz CT molecular complexity index is 1440. The molecule has 0 aliphatic carbocycles. The number of piperazine rings is 1. The van der Waals surface area contributed by atoms with Crippen molar-refractivity contribution in [2.45, 2.75) is 26.1 Å². The maximum atomic E-state index is 14.2. The van der Waals surface area contributed by atoms with Gasteiger partial charge in [0.15, 0.2) is 11.5 Å². The summed E-state index contributed by atoms with van der Waals surface area (Å²) in [5.74, 6) is -0.545. The zero-order valence-corrected chi connectivity index (χ0v) is 23.7. The van der Waals surface area contributed by atoms with Crippen LogP contribution in [0.4, 0.5) is 29.1 Å². The highest BCUT2D eigenvalue weighted by atomic mass is 35.5. The molecule has 0 radical (unpaired) electrons. The minimum atomic E-state index is -4.70. The summed E-state index contributed by atoms with van der Waals surface area (Å²) >= 11 is 5.79. The van der Waals surface area contributed by atoms with Crippen molar-refractivity contribution in [1.29, 1.82) is 0 Å². The van der Waals surface area contributed by atoms with Crippen molar-refractivity contribution in [3.8, 4) is 11.4 Å². The van der Waals surface area contributed by atoms with Crippen LogP contribution in [0.25, 0.3) is 11.4 Å². The average molecular weight is 600 g/mol. The number of benzene rings is 2. The predicted octanol–water partition coefficient (Wildman–Crippen LogP) is 5.43. The number of alkyl halides is 3. The summed E-state index contributed by atoms with van der Waals surface area (Å²) in [7, 11) is -2.97. The Kier molecular flexibility index (Phi) is 9.21. The highest BCUT2D eigenvalue weighted by Crippen LogP contribution is 2.35. The normalized spacial score (nSPS) is 14.9. The molecule has 2 aromatic carbocycles. The first-order chi connectivity index (χ1) is 18.8. The Morgan fingerprint density at radius 3 is 2.30 bits per heavy atom. The highest BCUT2D eigenvalue weighted by molar-refractivity contribution is 7.90. The van der Waals surface area contributed by atoms with Crippen LogP contribution in [0.2, 0.25) is 5.02 Å². The molecule has 1 saturated heterocycles. The fraction of sp³-hybridized carbons (Fsp3) is 0.407. The summed E-state index contributed by atoms with van der Waals surface area (Å²) in [5.41, 5.74) is 0.315. The Hall–Kier alpha value is -2.96. The number of aromatic nitrogens is 2. The van der Waals surface area contributed by atoms with E-state index in [0.717, 1.165) is 37.9 Å². The van der Waals surface area contributed by atoms with Gasteiger partial charge in [0, 0.05) is 66.4 Å². The SMILES string of the molecule is Cc1c(NCc2ccc(Cl)cc2F)nc(-c2ccc(N3CCN(CCCS(C)(=O)=O)CC3)cc2)nc1C(F)(F)F. The van der Waals surface area contributed by atoms with E-state index in [-0.39, 0.29) is 40.1 Å². The molecule has 13 heteroatoms. The second kappa shape index (κ2) is 12.3. The van der Waals surface area contributed by atoms with Crippen molar-refractivity contribution in [1.82, 2.24) is 14.9 Å². The van der Waals surface area contributed by atoms with Gasteiger partial charge in [-0.1, -0.05) is 17.7 Å². The summed E-state index contributed by atoms with van der Waals surface area (Å²) < 4.78 is 78.4. The van der Waals surface area contributed by atoms with Crippen molar-refractivity contribution in [3.63, 3.8) is 0 Å². The topological polar surface area (TPSA) is 78.4 Å². The van der Waals surface area contributed by atoms with Crippen LogP contribution in [0.5, 0.6) is 0 Å². The van der Waals surface area contributed by atoms with Gasteiger partial charge in [0.05, 0.1) is 5.75 Å². The molecule has 1 aromatic heterocycles. The molecule has 1 fully saturated rings. The van der Waals surface area contributed by atoms with E-state index < -0.39 is 27.5 Å². The maximum Gasteiger partial charge on any atom is 0.433 e. The lowest BCUT2D eigenvalue weighted by Crippen LogP contribution is -2.46. The zero-order valence-electron chi connectivity index (χ0n) is 22.1. The van der Waals surface area contributed by atoms with Crippen molar-refractivity contribution >= 4 is 32.9 Å². The largest absolute Gasteiger partial charge is 0.433 e. The Balaban J connectivity index is 1.48. The second-order valence-electron chi connectivity index (χ2n) is 9.82. The third kappa shape index (κ3) is 7.82. The van der Waals surface area contributed by atoms with Gasteiger partial charge in [0.2, 0.25) is 0 Å². The van der Waals surface area contributed by atoms with Gasteiger partial charge in [-0.3, -0.25) is 4.90 Å². The Morgan fingerprint density at radius 1 is 1.02 bits per heavy atom. The zero-order chi connectivity index (χ0) is 29.1. The number of rotatable bonds is 9. The Morgan fingerprint density at radius 2 is 1.70 bits per heavy atom. The van der Waals surface area contributed by atoms with Gasteiger partial charge >= 0.3 is 6.18 Å². The molecule has 216 valence electrons. The molecule has 4 rings (SSSR count). The van der Waals surface area contributed by atoms with Gasteiger partial charge in [-0.25, -0.2) is 22.8 Å². The quantitative estimate of drug-likeness (QED) is 0.329. The molecule has 0 bridgehead atoms. The highest BCUT2D eigenvalue weighted by Gasteiger charge is 2.36. The molecule has 3 aromatic rings. The third-order valence-electron chi connectivity index (χ3n) is 6.73. The molecule has 0 spiro atoms. The van der Waals surface area contributed by atoms with E-state index in [1.54, 1.807) is 12.1 Å². The standard InChI is InChI=1S/C27H30ClF4N5O2S/c1-18-24(27(30,31)32)34-26(35-25(18)33-17-20-4-7-21(28)16-23(20)29)19-5-8-22(9-6-19)37-13-11-36(12-14-37)10-3-15-40(2,38)39/h4-9,16H,3,10-15,17H2,1-2H3,(H,33,34,35). The van der Waals surface area contributed by atoms with E-state index in [4.69, 9.17) is 11.6 Å². The molecule has 1 aliphatic rings. The summed E-state index contributed by atoms with van der Waals surface area (Å²) in [6.07, 6.45) is -2.87. The van der Waals surface area contributed by atoms with Crippen molar-refractivity contribution in [2.24, 2.45) is 0 Å². The fourth-order valence-corrected chi connectivity index (χ4v) is 5.35. The van der Waals surface area contributed by atoms with E-state index in [1.165, 1.54) is 25.3 Å². The molecule has 2 heterocycles. The minimum Gasteiger partial charge on any atom is -0.369 e. The Labute approximate surface area is 236 Å². The molecule has 1 aliphatic heterocycles. The number of hydrogen-bond acceptors (Lipinski definition) is 7. The van der Waals surface area contributed by atoms with Gasteiger partial charge in [-0.2, -0.15) is 13.2 Å². The molecule has 0 atom stereocenters. The van der Waals surface area contributed by atoms with Crippen molar-refractivity contribution < 1.29 is 26.0 Å². The molecule has 7 nitrogen and oxygen atoms in total. The number of halogens is 5. The van der Waals surface area contributed by atoms with Crippen LogP contribution >= 0.6 is 11.6 Å². The summed E-state index contributed by atoms with van der Waals surface area (Å²) in [6, 6.07) is 11.1. The lowest BCUT2D eigenvalue weighted by Gasteiger charge is -2.36. The summed E-state index contributed by atoms with van der Waals surface area (Å²) in [6.45, 7) is 4.95. The number of nitrogens with one attached hydrogen (secondary N) is 1. The maximum absolute atomic E-state index is 14.2. The van der Waals surface area contributed by atoms with Crippen LogP contribution in [0, 0.1) is 12.7 Å². The molecular weight excluding hydrogens is 570 g/mol. The molecule has 1 N–H and O–H groups in total. The van der Waals surface area contributed by atoms with Gasteiger partial charge in [-0.05, 0) is 56.3 Å². The van der Waals surface area contributed by atoms with E-state index in [9.17, 15) is 26.0 Å². The number of nitrogens with zero attached hydrogens (tertiary/aromatic N) is 4. The van der Waals surface area contributed by atoms with Gasteiger partial charge < -0.3 is 10.2 Å². The fourth-order valence-electron chi connectivity index (χ4n) is 4.54. The first-order valence-electron chi connectivity index (χ1n) is 12.7. The van der Waals surface area contributed by atoms with Crippen molar-refractivity contribution in [3.05, 3.63) is 70.1 Å². The van der Waals surface area contributed by atoms with E-state index >= 15 is 0 Å². The molecule has 0 saturated carbocycles. The van der Waals surface area contributed by atoms with Gasteiger partial charge in [0.25, 0.3) is 0 Å².